The molecule has 0 aliphatic rings. The molecular weight excluding hydrogens is 419 g/mol. The summed E-state index contributed by atoms with van der Waals surface area (Å²) >= 11 is 1.65. The van der Waals surface area contributed by atoms with Crippen LogP contribution in [0.3, 0.4) is 0 Å². The van der Waals surface area contributed by atoms with Gasteiger partial charge in [0.1, 0.15) is 11.5 Å². The summed E-state index contributed by atoms with van der Waals surface area (Å²) in [5, 5.41) is 0.132. The van der Waals surface area contributed by atoms with Crippen molar-refractivity contribution in [3.8, 4) is 11.5 Å². The Kier molecular flexibility index (Phi) is 9.05. The van der Waals surface area contributed by atoms with Gasteiger partial charge < -0.3 is 18.0 Å². The monoisotopic (exact) mass is 452 g/mol. The summed E-state index contributed by atoms with van der Waals surface area (Å²) in [6.45, 7) is 16.2. The van der Waals surface area contributed by atoms with Crippen molar-refractivity contribution in [1.82, 2.24) is 0 Å². The Morgan fingerprint density at radius 1 is 0.931 bits per heavy atom. The van der Waals surface area contributed by atoms with E-state index < -0.39 is 16.9 Å². The molecule has 0 N–H and O–H groups in total. The third kappa shape index (κ3) is 7.30. The van der Waals surface area contributed by atoms with Crippen LogP contribution in [-0.2, 0) is 9.05 Å². The van der Waals surface area contributed by atoms with Gasteiger partial charge in [0.2, 0.25) is 8.32 Å². The van der Waals surface area contributed by atoms with Crippen molar-refractivity contribution in [2.24, 2.45) is 0 Å². The molecule has 4 nitrogen and oxygen atoms in total. The summed E-state index contributed by atoms with van der Waals surface area (Å²) < 4.78 is 23.9. The van der Waals surface area contributed by atoms with E-state index >= 15 is 0 Å². The largest absolute Gasteiger partial charge is 0.543 e. The molecule has 0 spiro atoms. The highest BCUT2D eigenvalue weighted by Gasteiger charge is 2.39. The minimum absolute atomic E-state index is 0.132. The number of benzene rings is 2. The molecule has 0 unspecified atom stereocenters. The topological polar surface area (TPSA) is 36.9 Å². The molecule has 7 heteroatoms. The fourth-order valence-corrected chi connectivity index (χ4v) is 5.09. The van der Waals surface area contributed by atoms with Gasteiger partial charge in [0, 0.05) is 4.90 Å². The third-order valence-corrected chi connectivity index (χ3v) is 11.4. The molecule has 0 fully saturated rings. The highest BCUT2D eigenvalue weighted by molar-refractivity contribution is 7.99. The van der Waals surface area contributed by atoms with E-state index in [0.717, 1.165) is 21.3 Å². The second kappa shape index (κ2) is 10.8. The van der Waals surface area contributed by atoms with Crippen LogP contribution in [0.4, 0.5) is 0 Å². The van der Waals surface area contributed by atoms with Crippen molar-refractivity contribution in [1.29, 1.82) is 0 Å². The van der Waals surface area contributed by atoms with Gasteiger partial charge in [-0.05, 0) is 62.3 Å². The smallest absolute Gasteiger partial charge is 0.397 e. The van der Waals surface area contributed by atoms with Crippen LogP contribution in [-0.4, -0.2) is 21.5 Å². The third-order valence-electron chi connectivity index (χ3n) is 4.71. The Hall–Kier alpha value is -1.04. The lowest BCUT2D eigenvalue weighted by Crippen LogP contribution is -2.43. The lowest BCUT2D eigenvalue weighted by Gasteiger charge is -2.36. The first-order chi connectivity index (χ1) is 13.7. The normalized spacial score (nSPS) is 12.3. The van der Waals surface area contributed by atoms with E-state index in [1.807, 2.05) is 44.2 Å². The first kappa shape index (κ1) is 24.2. The quantitative estimate of drug-likeness (QED) is 0.270. The molecule has 0 saturated heterocycles. The van der Waals surface area contributed by atoms with Gasteiger partial charge in [0.25, 0.3) is 0 Å². The lowest BCUT2D eigenvalue weighted by atomic mass is 10.2. The predicted octanol–water partition coefficient (Wildman–Crippen LogP) is 7.90. The van der Waals surface area contributed by atoms with Crippen LogP contribution in [0.15, 0.2) is 58.3 Å². The molecular formula is C22H33O4PSSi. The average Bonchev–Trinajstić information content (AvgIpc) is 2.64. The Morgan fingerprint density at radius 3 is 2.10 bits per heavy atom. The van der Waals surface area contributed by atoms with Crippen LogP contribution in [0.2, 0.25) is 18.1 Å². The average molecular weight is 453 g/mol. The van der Waals surface area contributed by atoms with Crippen molar-refractivity contribution in [2.45, 2.75) is 62.5 Å². The van der Waals surface area contributed by atoms with E-state index in [2.05, 4.69) is 52.1 Å². The predicted molar refractivity (Wildman–Crippen MR) is 126 cm³/mol. The molecule has 0 saturated carbocycles. The molecule has 160 valence electrons. The highest BCUT2D eigenvalue weighted by atomic mass is 32.2. The molecule has 2 rings (SSSR count). The summed E-state index contributed by atoms with van der Waals surface area (Å²) in [7, 11) is -3.36. The highest BCUT2D eigenvalue weighted by Crippen LogP contribution is 2.47. The molecule has 0 amide bonds. The van der Waals surface area contributed by atoms with Crippen LogP contribution in [0.25, 0.3) is 0 Å². The van der Waals surface area contributed by atoms with Gasteiger partial charge in [-0.1, -0.05) is 50.7 Å². The summed E-state index contributed by atoms with van der Waals surface area (Å²) in [5.74, 6) is 1.62. The van der Waals surface area contributed by atoms with Crippen molar-refractivity contribution in [3.05, 3.63) is 48.5 Å². The summed E-state index contributed by atoms with van der Waals surface area (Å²) in [4.78, 5) is 2.12. The molecule has 0 aliphatic heterocycles. The fraction of sp³-hybridized carbons (Fsp3) is 0.455. The summed E-state index contributed by atoms with van der Waals surface area (Å²) in [5.41, 5.74) is 0. The van der Waals surface area contributed by atoms with Crippen molar-refractivity contribution < 1.29 is 18.0 Å². The van der Waals surface area contributed by atoms with Gasteiger partial charge in [0.05, 0.1) is 18.1 Å². The Balaban J connectivity index is 2.34. The lowest BCUT2D eigenvalue weighted by molar-refractivity contribution is 0.220. The molecule has 0 bridgehead atoms. The fourth-order valence-electron chi connectivity index (χ4n) is 2.15. The molecule has 2 aromatic carbocycles. The van der Waals surface area contributed by atoms with E-state index in [0.29, 0.717) is 13.2 Å². The minimum Gasteiger partial charge on any atom is -0.543 e. The van der Waals surface area contributed by atoms with Crippen LogP contribution in [0, 0.1) is 0 Å². The molecule has 2 aromatic rings. The van der Waals surface area contributed by atoms with Gasteiger partial charge >= 0.3 is 8.60 Å². The van der Waals surface area contributed by atoms with Crippen LogP contribution in [0.1, 0.15) is 34.6 Å². The van der Waals surface area contributed by atoms with Crippen LogP contribution in [0.5, 0.6) is 11.5 Å². The Morgan fingerprint density at radius 2 is 1.55 bits per heavy atom. The van der Waals surface area contributed by atoms with Gasteiger partial charge in [-0.15, -0.1) is 0 Å². The number of hydrogen-bond donors (Lipinski definition) is 0. The van der Waals surface area contributed by atoms with Crippen LogP contribution >= 0.6 is 20.4 Å². The van der Waals surface area contributed by atoms with Gasteiger partial charge in [-0.2, -0.15) is 0 Å². The Labute approximate surface area is 182 Å². The van der Waals surface area contributed by atoms with E-state index in [1.165, 1.54) is 0 Å². The zero-order valence-electron chi connectivity index (χ0n) is 18.5. The van der Waals surface area contributed by atoms with Crippen molar-refractivity contribution in [2.75, 3.05) is 13.2 Å². The zero-order chi connectivity index (χ0) is 21.5. The van der Waals surface area contributed by atoms with E-state index in [9.17, 15) is 0 Å². The van der Waals surface area contributed by atoms with E-state index in [-0.39, 0.29) is 5.04 Å². The van der Waals surface area contributed by atoms with Gasteiger partial charge in [-0.3, -0.25) is 0 Å². The first-order valence-electron chi connectivity index (χ1n) is 9.96. The molecule has 29 heavy (non-hydrogen) atoms. The minimum atomic E-state index is -1.93. The number of rotatable bonds is 10. The summed E-state index contributed by atoms with van der Waals surface area (Å²) in [6, 6.07) is 16.3. The SMILES string of the molecule is CCOP(OCC)Oc1ccc(O[Si](C)(C)C(C)(C)C)cc1Sc1ccccc1. The zero-order valence-corrected chi connectivity index (χ0v) is 21.2. The maximum atomic E-state index is 6.51. The molecule has 0 aromatic heterocycles. The second-order valence-electron chi connectivity index (χ2n) is 8.04. The second-order valence-corrected chi connectivity index (χ2v) is 15.0. The first-order valence-corrected chi connectivity index (χ1v) is 14.8. The maximum absolute atomic E-state index is 6.51. The Bertz CT molecular complexity index is 759. The van der Waals surface area contributed by atoms with Gasteiger partial charge in [0.15, 0.2) is 0 Å². The van der Waals surface area contributed by atoms with Crippen molar-refractivity contribution >= 4 is 28.7 Å². The van der Waals surface area contributed by atoms with E-state index in [1.54, 1.807) is 11.8 Å². The molecule has 0 radical (unpaired) electrons. The molecule has 0 atom stereocenters. The maximum Gasteiger partial charge on any atom is 0.397 e. The van der Waals surface area contributed by atoms with E-state index in [4.69, 9.17) is 18.0 Å². The molecule has 0 heterocycles. The standard InChI is InChI=1S/C22H33O4PSSi/c1-8-23-27(24-9-2)25-20-16-15-18(26-29(6,7)22(3,4)5)17-21(20)28-19-13-11-10-12-14-19/h10-17H,8-9H2,1-7H3. The van der Waals surface area contributed by atoms with Gasteiger partial charge in [-0.25, -0.2) is 0 Å². The number of hydrogen-bond acceptors (Lipinski definition) is 5. The summed E-state index contributed by atoms with van der Waals surface area (Å²) in [6.07, 6.45) is 0. The van der Waals surface area contributed by atoms with Crippen molar-refractivity contribution in [3.63, 3.8) is 0 Å². The molecule has 0 aliphatic carbocycles. The van der Waals surface area contributed by atoms with Crippen LogP contribution < -0.4 is 8.95 Å².